The fourth-order valence-electron chi connectivity index (χ4n) is 4.05. The van der Waals surface area contributed by atoms with Crippen LogP contribution in [0, 0.1) is 5.82 Å². The van der Waals surface area contributed by atoms with Gasteiger partial charge < -0.3 is 19.7 Å². The van der Waals surface area contributed by atoms with E-state index >= 15 is 0 Å². The Kier molecular flexibility index (Phi) is 4.18. The van der Waals surface area contributed by atoms with Gasteiger partial charge in [-0.15, -0.1) is 0 Å². The number of benzene rings is 1. The molecule has 2 fully saturated rings. The molecular weight excluding hydrogens is 311 g/mol. The molecule has 1 aliphatic carbocycles. The summed E-state index contributed by atoms with van der Waals surface area (Å²) in [5.41, 5.74) is 2.04. The van der Waals surface area contributed by atoms with Gasteiger partial charge in [-0.2, -0.15) is 0 Å². The second-order valence-electron chi connectivity index (χ2n) is 6.87. The van der Waals surface area contributed by atoms with Gasteiger partial charge >= 0.3 is 6.03 Å². The van der Waals surface area contributed by atoms with E-state index in [4.69, 9.17) is 9.47 Å². The zero-order valence-corrected chi connectivity index (χ0v) is 13.7. The average molecular weight is 334 g/mol. The predicted octanol–water partition coefficient (Wildman–Crippen LogP) is 2.75. The van der Waals surface area contributed by atoms with E-state index in [9.17, 15) is 9.18 Å². The van der Waals surface area contributed by atoms with Crippen molar-refractivity contribution in [2.75, 3.05) is 26.3 Å². The van der Waals surface area contributed by atoms with E-state index in [1.807, 2.05) is 6.07 Å². The SMILES string of the molecule is O=C(N[C@@H]1CCCc2ccc(F)cc21)N1CCCC2(C1)OCCO2. The lowest BCUT2D eigenvalue weighted by atomic mass is 9.87. The maximum atomic E-state index is 13.6. The molecule has 5 nitrogen and oxygen atoms in total. The third-order valence-electron chi connectivity index (χ3n) is 5.24. The van der Waals surface area contributed by atoms with Gasteiger partial charge in [-0.05, 0) is 48.9 Å². The Labute approximate surface area is 141 Å². The van der Waals surface area contributed by atoms with Crippen molar-refractivity contribution in [1.82, 2.24) is 10.2 Å². The monoisotopic (exact) mass is 334 g/mol. The molecule has 1 aromatic carbocycles. The second kappa shape index (κ2) is 6.33. The third kappa shape index (κ3) is 3.00. The van der Waals surface area contributed by atoms with Gasteiger partial charge in [-0.25, -0.2) is 9.18 Å². The van der Waals surface area contributed by atoms with E-state index in [0.29, 0.717) is 26.3 Å². The highest BCUT2D eigenvalue weighted by molar-refractivity contribution is 5.75. The lowest BCUT2D eigenvalue weighted by Crippen LogP contribution is -2.54. The molecule has 2 saturated heterocycles. The number of nitrogens with zero attached hydrogens (tertiary/aromatic N) is 1. The molecule has 1 aromatic rings. The van der Waals surface area contributed by atoms with Crippen molar-refractivity contribution in [2.45, 2.75) is 43.9 Å². The van der Waals surface area contributed by atoms with Crippen LogP contribution in [0.2, 0.25) is 0 Å². The van der Waals surface area contributed by atoms with Crippen molar-refractivity contribution in [3.63, 3.8) is 0 Å². The van der Waals surface area contributed by atoms with E-state index in [1.54, 1.807) is 11.0 Å². The molecule has 4 rings (SSSR count). The van der Waals surface area contributed by atoms with Gasteiger partial charge in [0, 0.05) is 13.0 Å². The number of hydrogen-bond donors (Lipinski definition) is 1. The summed E-state index contributed by atoms with van der Waals surface area (Å²) in [6, 6.07) is 4.64. The predicted molar refractivity (Wildman–Crippen MR) is 86.1 cm³/mol. The summed E-state index contributed by atoms with van der Waals surface area (Å²) in [7, 11) is 0. The molecule has 0 radical (unpaired) electrons. The number of nitrogens with one attached hydrogen (secondary N) is 1. The summed E-state index contributed by atoms with van der Waals surface area (Å²) in [4.78, 5) is 14.5. The number of fused-ring (bicyclic) bond motifs is 1. The number of urea groups is 1. The number of piperidine rings is 1. The van der Waals surface area contributed by atoms with Crippen molar-refractivity contribution >= 4 is 6.03 Å². The number of ether oxygens (including phenoxy) is 2. The first kappa shape index (κ1) is 15.8. The molecule has 0 aromatic heterocycles. The molecule has 2 heterocycles. The van der Waals surface area contributed by atoms with Crippen LogP contribution >= 0.6 is 0 Å². The Morgan fingerprint density at radius 2 is 2.12 bits per heavy atom. The Morgan fingerprint density at radius 1 is 1.29 bits per heavy atom. The number of likely N-dealkylation sites (tertiary alicyclic amines) is 1. The molecule has 2 amide bonds. The summed E-state index contributed by atoms with van der Waals surface area (Å²) >= 11 is 0. The van der Waals surface area contributed by atoms with Gasteiger partial charge in [-0.3, -0.25) is 0 Å². The van der Waals surface area contributed by atoms with E-state index in [1.165, 1.54) is 6.07 Å². The van der Waals surface area contributed by atoms with Crippen molar-refractivity contribution < 1.29 is 18.7 Å². The smallest absolute Gasteiger partial charge is 0.318 e. The maximum absolute atomic E-state index is 13.6. The van der Waals surface area contributed by atoms with Crippen molar-refractivity contribution in [1.29, 1.82) is 0 Å². The Morgan fingerprint density at radius 3 is 2.96 bits per heavy atom. The van der Waals surface area contributed by atoms with E-state index in [-0.39, 0.29) is 17.9 Å². The molecular formula is C18H23FN2O3. The normalized spacial score (nSPS) is 25.5. The first-order chi connectivity index (χ1) is 11.7. The second-order valence-corrected chi connectivity index (χ2v) is 6.87. The van der Waals surface area contributed by atoms with Crippen molar-refractivity contribution in [3.8, 4) is 0 Å². The molecule has 1 spiro atoms. The third-order valence-corrected chi connectivity index (χ3v) is 5.24. The number of hydrogen-bond acceptors (Lipinski definition) is 3. The number of carbonyl (C=O) groups is 1. The molecule has 0 unspecified atom stereocenters. The molecule has 1 atom stereocenters. The molecule has 1 N–H and O–H groups in total. The van der Waals surface area contributed by atoms with Gasteiger partial charge in [0.15, 0.2) is 5.79 Å². The Balaban J connectivity index is 1.46. The lowest BCUT2D eigenvalue weighted by molar-refractivity contribution is -0.182. The van der Waals surface area contributed by atoms with Crippen molar-refractivity contribution in [3.05, 3.63) is 35.1 Å². The van der Waals surface area contributed by atoms with E-state index in [2.05, 4.69) is 5.32 Å². The van der Waals surface area contributed by atoms with Gasteiger partial charge in [-0.1, -0.05) is 6.07 Å². The molecule has 0 saturated carbocycles. The fraction of sp³-hybridized carbons (Fsp3) is 0.611. The summed E-state index contributed by atoms with van der Waals surface area (Å²) in [6.07, 6.45) is 4.47. The number of carbonyl (C=O) groups excluding carboxylic acids is 1. The maximum Gasteiger partial charge on any atom is 0.318 e. The van der Waals surface area contributed by atoms with Crippen LogP contribution in [0.1, 0.15) is 42.9 Å². The zero-order valence-electron chi connectivity index (χ0n) is 13.7. The summed E-state index contributed by atoms with van der Waals surface area (Å²) in [6.45, 7) is 2.33. The molecule has 2 aliphatic heterocycles. The highest BCUT2D eigenvalue weighted by Crippen LogP contribution is 2.32. The molecule has 130 valence electrons. The molecule has 0 bridgehead atoms. The average Bonchev–Trinajstić information content (AvgIpc) is 3.03. The molecule has 3 aliphatic rings. The number of amides is 2. The first-order valence-electron chi connectivity index (χ1n) is 8.77. The van der Waals surface area contributed by atoms with Crippen LogP contribution in [-0.2, 0) is 15.9 Å². The highest BCUT2D eigenvalue weighted by atomic mass is 19.1. The molecule has 24 heavy (non-hydrogen) atoms. The van der Waals surface area contributed by atoms with Crippen LogP contribution in [0.15, 0.2) is 18.2 Å². The minimum absolute atomic E-state index is 0.115. The largest absolute Gasteiger partial charge is 0.346 e. The standard InChI is InChI=1S/C18H23FN2O3/c19-14-6-5-13-3-1-4-16(15(13)11-14)20-17(22)21-8-2-7-18(12-21)23-9-10-24-18/h5-6,11,16H,1-4,7-10,12H2,(H,20,22)/t16-/m1/s1. The first-order valence-corrected chi connectivity index (χ1v) is 8.77. The Bertz CT molecular complexity index is 631. The zero-order chi connectivity index (χ0) is 16.6. The quantitative estimate of drug-likeness (QED) is 0.859. The minimum Gasteiger partial charge on any atom is -0.346 e. The molecule has 6 heteroatoms. The fourth-order valence-corrected chi connectivity index (χ4v) is 4.05. The van der Waals surface area contributed by atoms with Gasteiger partial charge in [0.25, 0.3) is 0 Å². The van der Waals surface area contributed by atoms with Crippen LogP contribution < -0.4 is 5.32 Å². The van der Waals surface area contributed by atoms with Crippen LogP contribution in [0.4, 0.5) is 9.18 Å². The summed E-state index contributed by atoms with van der Waals surface area (Å²) in [5.74, 6) is -0.869. The van der Waals surface area contributed by atoms with E-state index in [0.717, 1.165) is 43.2 Å². The topological polar surface area (TPSA) is 50.8 Å². The van der Waals surface area contributed by atoms with Gasteiger partial charge in [0.05, 0.1) is 25.8 Å². The van der Waals surface area contributed by atoms with Crippen LogP contribution in [0.25, 0.3) is 0 Å². The number of aryl methyl sites for hydroxylation is 1. The minimum atomic E-state index is -0.619. The lowest BCUT2D eigenvalue weighted by Gasteiger charge is -2.39. The van der Waals surface area contributed by atoms with Crippen LogP contribution in [0.5, 0.6) is 0 Å². The number of halogens is 1. The van der Waals surface area contributed by atoms with Crippen molar-refractivity contribution in [2.24, 2.45) is 0 Å². The number of rotatable bonds is 1. The summed E-state index contributed by atoms with van der Waals surface area (Å²) in [5, 5.41) is 3.09. The van der Waals surface area contributed by atoms with Crippen LogP contribution in [0.3, 0.4) is 0 Å². The Hall–Kier alpha value is -1.66. The highest BCUT2D eigenvalue weighted by Gasteiger charge is 2.42. The van der Waals surface area contributed by atoms with Gasteiger partial charge in [0.2, 0.25) is 0 Å². The van der Waals surface area contributed by atoms with E-state index < -0.39 is 5.79 Å². The van der Waals surface area contributed by atoms with Crippen LogP contribution in [-0.4, -0.2) is 43.0 Å². The van der Waals surface area contributed by atoms with Gasteiger partial charge in [0.1, 0.15) is 5.82 Å². The summed E-state index contributed by atoms with van der Waals surface area (Å²) < 4.78 is 25.1.